The first-order valence-corrected chi connectivity index (χ1v) is 8.04. The fourth-order valence-electron chi connectivity index (χ4n) is 2.60. The van der Waals surface area contributed by atoms with Gasteiger partial charge in [0.15, 0.2) is 6.29 Å². The van der Waals surface area contributed by atoms with Crippen molar-refractivity contribution in [2.75, 3.05) is 26.1 Å². The van der Waals surface area contributed by atoms with Gasteiger partial charge in [0.05, 0.1) is 12.1 Å². The second kappa shape index (κ2) is 7.62. The second-order valence-electron chi connectivity index (χ2n) is 5.36. The highest BCUT2D eigenvalue weighted by Crippen LogP contribution is 2.31. The molecular formula is C19H19ClN2O2. The van der Waals surface area contributed by atoms with E-state index < -0.39 is 0 Å². The van der Waals surface area contributed by atoms with Crippen molar-refractivity contribution < 1.29 is 9.47 Å². The van der Waals surface area contributed by atoms with Crippen LogP contribution in [0.3, 0.4) is 0 Å². The molecule has 4 nitrogen and oxygen atoms in total. The standard InChI is InChI=1S/C19H19ClN2O2/c1-23-19(24-2)12-21-18-11-15(13-6-4-3-5-7-13)16-10-14(20)8-9-17(16)22-18/h3-11,19H,12H2,1-2H3,(H,21,22). The molecule has 0 bridgehead atoms. The smallest absolute Gasteiger partial charge is 0.173 e. The van der Waals surface area contributed by atoms with Gasteiger partial charge in [-0.15, -0.1) is 0 Å². The number of hydrogen-bond acceptors (Lipinski definition) is 4. The summed E-state index contributed by atoms with van der Waals surface area (Å²) in [5.74, 6) is 0.766. The van der Waals surface area contributed by atoms with Crippen LogP contribution < -0.4 is 5.32 Å². The van der Waals surface area contributed by atoms with Crippen LogP contribution in [-0.2, 0) is 9.47 Å². The van der Waals surface area contributed by atoms with Gasteiger partial charge in [0, 0.05) is 24.6 Å². The van der Waals surface area contributed by atoms with Crippen LogP contribution in [-0.4, -0.2) is 32.0 Å². The molecule has 2 aromatic carbocycles. The zero-order valence-electron chi connectivity index (χ0n) is 13.6. The molecule has 3 rings (SSSR count). The predicted molar refractivity (Wildman–Crippen MR) is 98.5 cm³/mol. The van der Waals surface area contributed by atoms with Crippen molar-refractivity contribution >= 4 is 28.3 Å². The Balaban J connectivity index is 2.04. The summed E-state index contributed by atoms with van der Waals surface area (Å²) in [6.07, 6.45) is -0.326. The van der Waals surface area contributed by atoms with Gasteiger partial charge < -0.3 is 14.8 Å². The first-order valence-electron chi connectivity index (χ1n) is 7.66. The zero-order valence-corrected chi connectivity index (χ0v) is 14.4. The molecule has 0 amide bonds. The highest BCUT2D eigenvalue weighted by molar-refractivity contribution is 6.31. The number of nitrogens with zero attached hydrogens (tertiary/aromatic N) is 1. The summed E-state index contributed by atoms with van der Waals surface area (Å²) in [6, 6.07) is 17.9. The molecule has 124 valence electrons. The first-order chi connectivity index (χ1) is 11.7. The SMILES string of the molecule is COC(CNc1cc(-c2ccccc2)c2cc(Cl)ccc2n1)OC. The Kier molecular flexibility index (Phi) is 5.30. The molecule has 0 spiro atoms. The number of nitrogens with one attached hydrogen (secondary N) is 1. The van der Waals surface area contributed by atoms with Crippen molar-refractivity contribution in [1.29, 1.82) is 0 Å². The average molecular weight is 343 g/mol. The lowest BCUT2D eigenvalue weighted by Crippen LogP contribution is -2.24. The lowest BCUT2D eigenvalue weighted by molar-refractivity contribution is -0.0914. The highest BCUT2D eigenvalue weighted by atomic mass is 35.5. The summed E-state index contributed by atoms with van der Waals surface area (Å²) >= 11 is 6.18. The van der Waals surface area contributed by atoms with Crippen LogP contribution >= 0.6 is 11.6 Å². The summed E-state index contributed by atoms with van der Waals surface area (Å²) in [7, 11) is 3.22. The number of hydrogen-bond donors (Lipinski definition) is 1. The van der Waals surface area contributed by atoms with Crippen LogP contribution in [0.4, 0.5) is 5.82 Å². The van der Waals surface area contributed by atoms with Crippen molar-refractivity contribution in [2.45, 2.75) is 6.29 Å². The predicted octanol–water partition coefficient (Wildman–Crippen LogP) is 4.59. The first kappa shape index (κ1) is 16.7. The normalized spacial score (nSPS) is 11.2. The molecule has 5 heteroatoms. The maximum Gasteiger partial charge on any atom is 0.173 e. The highest BCUT2D eigenvalue weighted by Gasteiger charge is 2.10. The molecule has 0 radical (unpaired) electrons. The van der Waals surface area contributed by atoms with Gasteiger partial charge in [-0.3, -0.25) is 0 Å². The molecule has 0 unspecified atom stereocenters. The molecule has 0 saturated carbocycles. The van der Waals surface area contributed by atoms with Gasteiger partial charge in [-0.2, -0.15) is 0 Å². The summed E-state index contributed by atoms with van der Waals surface area (Å²) in [6.45, 7) is 0.507. The van der Waals surface area contributed by atoms with Crippen LogP contribution in [0.25, 0.3) is 22.0 Å². The minimum Gasteiger partial charge on any atom is -0.365 e. The van der Waals surface area contributed by atoms with Crippen molar-refractivity contribution in [3.05, 3.63) is 59.6 Å². The van der Waals surface area contributed by atoms with Gasteiger partial charge in [0.2, 0.25) is 0 Å². The molecule has 0 aliphatic rings. The van der Waals surface area contributed by atoms with Crippen molar-refractivity contribution in [3.63, 3.8) is 0 Å². The van der Waals surface area contributed by atoms with E-state index in [4.69, 9.17) is 21.1 Å². The number of benzene rings is 2. The third-order valence-electron chi connectivity index (χ3n) is 3.83. The maximum absolute atomic E-state index is 6.18. The van der Waals surface area contributed by atoms with E-state index in [1.807, 2.05) is 42.5 Å². The maximum atomic E-state index is 6.18. The molecule has 1 N–H and O–H groups in total. The van der Waals surface area contributed by atoms with Crippen LogP contribution in [0.1, 0.15) is 0 Å². The fraction of sp³-hybridized carbons (Fsp3) is 0.211. The Bertz CT molecular complexity index is 820. The van der Waals surface area contributed by atoms with E-state index in [0.29, 0.717) is 11.6 Å². The van der Waals surface area contributed by atoms with Crippen molar-refractivity contribution in [2.24, 2.45) is 0 Å². The minimum absolute atomic E-state index is 0.326. The average Bonchev–Trinajstić information content (AvgIpc) is 2.63. The molecule has 0 saturated heterocycles. The number of rotatable bonds is 6. The van der Waals surface area contributed by atoms with Crippen LogP contribution in [0.2, 0.25) is 5.02 Å². The number of ether oxygens (including phenoxy) is 2. The third kappa shape index (κ3) is 3.67. The largest absolute Gasteiger partial charge is 0.365 e. The van der Waals surface area contributed by atoms with Gasteiger partial charge in [-0.25, -0.2) is 4.98 Å². The second-order valence-corrected chi connectivity index (χ2v) is 5.80. The molecule has 1 aromatic heterocycles. The van der Waals surface area contributed by atoms with Crippen molar-refractivity contribution in [1.82, 2.24) is 4.98 Å². The summed E-state index contributed by atoms with van der Waals surface area (Å²) in [4.78, 5) is 4.66. The summed E-state index contributed by atoms with van der Waals surface area (Å²) < 4.78 is 10.4. The molecule has 24 heavy (non-hydrogen) atoms. The summed E-state index contributed by atoms with van der Waals surface area (Å²) in [5, 5.41) is 4.99. The van der Waals surface area contributed by atoms with Gasteiger partial charge in [-0.05, 0) is 35.4 Å². The van der Waals surface area contributed by atoms with Gasteiger partial charge in [-0.1, -0.05) is 41.9 Å². The fourth-order valence-corrected chi connectivity index (χ4v) is 2.77. The zero-order chi connectivity index (χ0) is 16.9. The van der Waals surface area contributed by atoms with Gasteiger partial charge in [0.25, 0.3) is 0 Å². The van der Waals surface area contributed by atoms with E-state index in [2.05, 4.69) is 22.4 Å². The number of anilines is 1. The number of aromatic nitrogens is 1. The van der Waals surface area contributed by atoms with Gasteiger partial charge >= 0.3 is 0 Å². The van der Waals surface area contributed by atoms with E-state index in [0.717, 1.165) is 27.8 Å². The molecule has 1 heterocycles. The Morgan fingerprint density at radius 3 is 2.50 bits per heavy atom. The Morgan fingerprint density at radius 1 is 1.04 bits per heavy atom. The van der Waals surface area contributed by atoms with Gasteiger partial charge in [0.1, 0.15) is 5.82 Å². The Hall–Kier alpha value is -2.14. The number of halogens is 1. The Morgan fingerprint density at radius 2 is 1.79 bits per heavy atom. The van der Waals surface area contributed by atoms with Crippen LogP contribution in [0.5, 0.6) is 0 Å². The quantitative estimate of drug-likeness (QED) is 0.665. The lowest BCUT2D eigenvalue weighted by atomic mass is 10.0. The molecular weight excluding hydrogens is 324 g/mol. The third-order valence-corrected chi connectivity index (χ3v) is 4.07. The van der Waals surface area contributed by atoms with E-state index >= 15 is 0 Å². The topological polar surface area (TPSA) is 43.4 Å². The molecule has 0 atom stereocenters. The van der Waals surface area contributed by atoms with E-state index in [1.54, 1.807) is 14.2 Å². The number of methoxy groups -OCH3 is 2. The number of pyridine rings is 1. The molecule has 0 fully saturated rings. The minimum atomic E-state index is -0.326. The molecule has 3 aromatic rings. The van der Waals surface area contributed by atoms with Crippen LogP contribution in [0.15, 0.2) is 54.6 Å². The monoisotopic (exact) mass is 342 g/mol. The Labute approximate surface area is 146 Å². The lowest BCUT2D eigenvalue weighted by Gasteiger charge is -2.16. The van der Waals surface area contributed by atoms with Crippen LogP contribution in [0, 0.1) is 0 Å². The van der Waals surface area contributed by atoms with E-state index in [1.165, 1.54) is 0 Å². The summed E-state index contributed by atoms with van der Waals surface area (Å²) in [5.41, 5.74) is 3.08. The van der Waals surface area contributed by atoms with E-state index in [-0.39, 0.29) is 6.29 Å². The van der Waals surface area contributed by atoms with Crippen molar-refractivity contribution in [3.8, 4) is 11.1 Å². The molecule has 0 aliphatic carbocycles. The molecule has 0 aliphatic heterocycles. The van der Waals surface area contributed by atoms with E-state index in [9.17, 15) is 0 Å². The number of fused-ring (bicyclic) bond motifs is 1.